The first-order valence-corrected chi connectivity index (χ1v) is 6.34. The second kappa shape index (κ2) is 4.28. The van der Waals surface area contributed by atoms with Crippen LogP contribution in [-0.2, 0) is 0 Å². The van der Waals surface area contributed by atoms with Crippen LogP contribution in [0, 0.1) is 0 Å². The number of nitrogens with zero attached hydrogens (tertiary/aromatic N) is 1. The van der Waals surface area contributed by atoms with Crippen molar-refractivity contribution in [1.29, 1.82) is 0 Å². The molecule has 0 fully saturated rings. The van der Waals surface area contributed by atoms with E-state index in [0.29, 0.717) is 0 Å². The van der Waals surface area contributed by atoms with Crippen LogP contribution in [0.15, 0.2) is 53.4 Å². The Balaban J connectivity index is 2.17. The average molecular weight is 241 g/mol. The summed E-state index contributed by atoms with van der Waals surface area (Å²) < 4.78 is 0. The summed E-state index contributed by atoms with van der Waals surface area (Å²) in [5, 5.41) is 15.3. The lowest BCUT2D eigenvalue weighted by molar-refractivity contribution is 0.222. The van der Waals surface area contributed by atoms with Crippen molar-refractivity contribution in [3.05, 3.63) is 64.5 Å². The molecule has 2 aromatic heterocycles. The monoisotopic (exact) mass is 241 g/mol. The smallest absolute Gasteiger partial charge is 0.107 e. The number of pyridine rings is 1. The molecule has 0 saturated heterocycles. The standard InChI is InChI=1S/C14H11NOS/c16-14(11-6-8-17-9-11)12-5-1-3-10-4-2-7-15-13(10)12/h1-9,14,16H. The second-order valence-corrected chi connectivity index (χ2v) is 4.66. The highest BCUT2D eigenvalue weighted by Crippen LogP contribution is 2.28. The topological polar surface area (TPSA) is 33.1 Å². The number of benzene rings is 1. The van der Waals surface area contributed by atoms with Crippen molar-refractivity contribution in [3.63, 3.8) is 0 Å². The van der Waals surface area contributed by atoms with Gasteiger partial charge in [0.05, 0.1) is 5.52 Å². The van der Waals surface area contributed by atoms with Crippen LogP contribution in [0.4, 0.5) is 0 Å². The molecule has 2 nitrogen and oxygen atoms in total. The van der Waals surface area contributed by atoms with Gasteiger partial charge in [-0.15, -0.1) is 0 Å². The van der Waals surface area contributed by atoms with Gasteiger partial charge in [0.15, 0.2) is 0 Å². The predicted octanol–water partition coefficient (Wildman–Crippen LogP) is 3.38. The molecule has 0 aliphatic rings. The SMILES string of the molecule is OC(c1ccsc1)c1cccc2cccnc12. The molecule has 0 bridgehead atoms. The van der Waals surface area contributed by atoms with Gasteiger partial charge in [-0.05, 0) is 28.5 Å². The Morgan fingerprint density at radius 1 is 1.12 bits per heavy atom. The van der Waals surface area contributed by atoms with Crippen LogP contribution in [0.25, 0.3) is 10.9 Å². The van der Waals surface area contributed by atoms with Gasteiger partial charge in [-0.3, -0.25) is 4.98 Å². The van der Waals surface area contributed by atoms with E-state index < -0.39 is 6.10 Å². The van der Waals surface area contributed by atoms with Crippen LogP contribution in [0.5, 0.6) is 0 Å². The lowest BCUT2D eigenvalue weighted by Crippen LogP contribution is -1.99. The minimum absolute atomic E-state index is 0.597. The number of hydrogen-bond donors (Lipinski definition) is 1. The summed E-state index contributed by atoms with van der Waals surface area (Å²) in [6, 6.07) is 11.7. The van der Waals surface area contributed by atoms with Crippen molar-refractivity contribution in [2.75, 3.05) is 0 Å². The van der Waals surface area contributed by atoms with E-state index in [-0.39, 0.29) is 0 Å². The highest BCUT2D eigenvalue weighted by Gasteiger charge is 2.14. The van der Waals surface area contributed by atoms with Crippen molar-refractivity contribution in [2.45, 2.75) is 6.10 Å². The number of hydrogen-bond acceptors (Lipinski definition) is 3. The average Bonchev–Trinajstić information content (AvgIpc) is 2.91. The Morgan fingerprint density at radius 2 is 2.00 bits per heavy atom. The van der Waals surface area contributed by atoms with Gasteiger partial charge in [0.25, 0.3) is 0 Å². The van der Waals surface area contributed by atoms with Gasteiger partial charge in [-0.1, -0.05) is 24.3 Å². The van der Waals surface area contributed by atoms with E-state index in [0.717, 1.165) is 22.0 Å². The molecule has 0 spiro atoms. The second-order valence-electron chi connectivity index (χ2n) is 3.88. The lowest BCUT2D eigenvalue weighted by Gasteiger charge is -2.11. The molecule has 3 aromatic rings. The van der Waals surface area contributed by atoms with Gasteiger partial charge >= 0.3 is 0 Å². The summed E-state index contributed by atoms with van der Waals surface area (Å²) >= 11 is 1.59. The fraction of sp³-hybridized carbons (Fsp3) is 0.0714. The zero-order chi connectivity index (χ0) is 11.7. The molecule has 1 unspecified atom stereocenters. The summed E-state index contributed by atoms with van der Waals surface area (Å²) in [6.07, 6.45) is 1.16. The lowest BCUT2D eigenvalue weighted by atomic mass is 10.0. The van der Waals surface area contributed by atoms with Gasteiger partial charge in [-0.25, -0.2) is 0 Å². The molecule has 1 N–H and O–H groups in total. The van der Waals surface area contributed by atoms with E-state index in [1.807, 2.05) is 47.2 Å². The third-order valence-corrected chi connectivity index (χ3v) is 3.52. The van der Waals surface area contributed by atoms with Crippen LogP contribution < -0.4 is 0 Å². The minimum atomic E-state index is -0.597. The molecule has 0 amide bonds. The molecule has 1 aromatic carbocycles. The maximum absolute atomic E-state index is 10.3. The Labute approximate surface area is 103 Å². The van der Waals surface area contributed by atoms with Crippen molar-refractivity contribution >= 4 is 22.2 Å². The van der Waals surface area contributed by atoms with Crippen molar-refractivity contribution in [2.24, 2.45) is 0 Å². The van der Waals surface area contributed by atoms with Gasteiger partial charge in [0, 0.05) is 17.1 Å². The molecule has 0 aliphatic heterocycles. The van der Waals surface area contributed by atoms with E-state index in [1.54, 1.807) is 17.5 Å². The van der Waals surface area contributed by atoms with Crippen LogP contribution >= 0.6 is 11.3 Å². The Morgan fingerprint density at radius 3 is 2.82 bits per heavy atom. The molecule has 3 heteroatoms. The van der Waals surface area contributed by atoms with E-state index in [2.05, 4.69) is 4.98 Å². The molecule has 84 valence electrons. The number of para-hydroxylation sites is 1. The first-order valence-electron chi connectivity index (χ1n) is 5.40. The molecular weight excluding hydrogens is 230 g/mol. The number of aliphatic hydroxyl groups is 1. The van der Waals surface area contributed by atoms with Gasteiger partial charge in [-0.2, -0.15) is 11.3 Å². The fourth-order valence-corrected chi connectivity index (χ4v) is 2.64. The Kier molecular flexibility index (Phi) is 2.63. The Bertz CT molecular complexity index is 628. The largest absolute Gasteiger partial charge is 0.384 e. The summed E-state index contributed by atoms with van der Waals surface area (Å²) in [7, 11) is 0. The number of aliphatic hydroxyl groups excluding tert-OH is 1. The van der Waals surface area contributed by atoms with Crippen molar-refractivity contribution < 1.29 is 5.11 Å². The number of aromatic nitrogens is 1. The van der Waals surface area contributed by atoms with E-state index >= 15 is 0 Å². The quantitative estimate of drug-likeness (QED) is 0.746. The summed E-state index contributed by atoms with van der Waals surface area (Å²) in [6.45, 7) is 0. The van der Waals surface area contributed by atoms with Gasteiger partial charge in [0.1, 0.15) is 6.10 Å². The van der Waals surface area contributed by atoms with E-state index in [4.69, 9.17) is 0 Å². The van der Waals surface area contributed by atoms with Gasteiger partial charge in [0.2, 0.25) is 0 Å². The molecular formula is C14H11NOS. The number of thiophene rings is 1. The first kappa shape index (κ1) is 10.4. The third-order valence-electron chi connectivity index (χ3n) is 2.82. The summed E-state index contributed by atoms with van der Waals surface area (Å²) in [4.78, 5) is 4.36. The molecule has 0 aliphatic carbocycles. The molecule has 17 heavy (non-hydrogen) atoms. The van der Waals surface area contributed by atoms with Gasteiger partial charge < -0.3 is 5.11 Å². The summed E-state index contributed by atoms with van der Waals surface area (Å²) in [5.74, 6) is 0. The fourth-order valence-electron chi connectivity index (χ4n) is 1.96. The molecule has 3 rings (SSSR count). The Hall–Kier alpha value is -1.71. The van der Waals surface area contributed by atoms with Crippen LogP contribution in [0.2, 0.25) is 0 Å². The third kappa shape index (κ3) is 1.84. The van der Waals surface area contributed by atoms with E-state index in [1.165, 1.54) is 0 Å². The minimum Gasteiger partial charge on any atom is -0.384 e. The number of rotatable bonds is 2. The molecule has 0 radical (unpaired) electrons. The molecule has 0 saturated carbocycles. The van der Waals surface area contributed by atoms with E-state index in [9.17, 15) is 5.11 Å². The molecule has 2 heterocycles. The zero-order valence-corrected chi connectivity index (χ0v) is 9.89. The zero-order valence-electron chi connectivity index (χ0n) is 9.08. The molecule has 1 atom stereocenters. The van der Waals surface area contributed by atoms with Crippen LogP contribution in [0.1, 0.15) is 17.2 Å². The highest BCUT2D eigenvalue weighted by atomic mass is 32.1. The van der Waals surface area contributed by atoms with Crippen LogP contribution in [-0.4, -0.2) is 10.1 Å². The number of fused-ring (bicyclic) bond motifs is 1. The maximum Gasteiger partial charge on any atom is 0.107 e. The summed E-state index contributed by atoms with van der Waals surface area (Å²) in [5.41, 5.74) is 2.66. The van der Waals surface area contributed by atoms with Crippen molar-refractivity contribution in [1.82, 2.24) is 4.98 Å². The van der Waals surface area contributed by atoms with Crippen molar-refractivity contribution in [3.8, 4) is 0 Å². The normalized spacial score (nSPS) is 12.8. The predicted molar refractivity (Wildman–Crippen MR) is 70.1 cm³/mol. The maximum atomic E-state index is 10.3. The first-order chi connectivity index (χ1) is 8.36. The van der Waals surface area contributed by atoms with Crippen LogP contribution in [0.3, 0.4) is 0 Å². The highest BCUT2D eigenvalue weighted by molar-refractivity contribution is 7.07.